The van der Waals surface area contributed by atoms with Gasteiger partial charge in [-0.3, -0.25) is 4.79 Å². The molecule has 0 aliphatic carbocycles. The summed E-state index contributed by atoms with van der Waals surface area (Å²) in [5.41, 5.74) is 1.20. The molecule has 0 saturated heterocycles. The number of hydrogen-bond donors (Lipinski definition) is 3. The quantitative estimate of drug-likeness (QED) is 0.610. The number of aromatic hydroxyl groups is 1. The summed E-state index contributed by atoms with van der Waals surface area (Å²) in [4.78, 5) is 11.0. The van der Waals surface area contributed by atoms with Crippen molar-refractivity contribution in [1.82, 2.24) is 5.32 Å². The van der Waals surface area contributed by atoms with Crippen molar-refractivity contribution in [3.63, 3.8) is 0 Å². The van der Waals surface area contributed by atoms with E-state index in [-0.39, 0.29) is 11.7 Å². The molecule has 0 atom stereocenters. The third-order valence-corrected chi connectivity index (χ3v) is 3.68. The number of fused-ring (bicyclic) bond motifs is 1. The van der Waals surface area contributed by atoms with Crippen LogP contribution in [0.5, 0.6) is 5.75 Å². The van der Waals surface area contributed by atoms with E-state index in [1.54, 1.807) is 37.4 Å². The van der Waals surface area contributed by atoms with Gasteiger partial charge in [0, 0.05) is 29.4 Å². The number of phenolic OH excluding ortho intramolecular Hbond substituents is 1. The van der Waals surface area contributed by atoms with E-state index in [1.807, 2.05) is 30.3 Å². The third kappa shape index (κ3) is 4.12. The minimum Gasteiger partial charge on any atom is -0.507 e. The standard InChI is InChI=1S/C11H9NO.C8H8ClNO/c12-7-10-9-4-2-1-3-8(9)5-6-11(10)13;1-10-8(11)6-2-4-7(9)5-3-6/h1-7,12-13H;2-5H,1H3,(H,10,11). The van der Waals surface area contributed by atoms with Gasteiger partial charge in [0.1, 0.15) is 5.75 Å². The fourth-order valence-corrected chi connectivity index (χ4v) is 2.31. The molecule has 122 valence electrons. The van der Waals surface area contributed by atoms with Crippen molar-refractivity contribution in [1.29, 1.82) is 5.41 Å². The lowest BCUT2D eigenvalue weighted by Gasteiger charge is -2.03. The van der Waals surface area contributed by atoms with Gasteiger partial charge in [-0.25, -0.2) is 0 Å². The van der Waals surface area contributed by atoms with Gasteiger partial charge in [-0.2, -0.15) is 0 Å². The van der Waals surface area contributed by atoms with Crippen molar-refractivity contribution in [2.45, 2.75) is 0 Å². The van der Waals surface area contributed by atoms with E-state index in [0.717, 1.165) is 10.8 Å². The van der Waals surface area contributed by atoms with Crippen LogP contribution in [0.3, 0.4) is 0 Å². The van der Waals surface area contributed by atoms with Crippen molar-refractivity contribution in [2.75, 3.05) is 7.05 Å². The van der Waals surface area contributed by atoms with E-state index in [2.05, 4.69) is 5.32 Å². The maximum Gasteiger partial charge on any atom is 0.251 e. The average Bonchev–Trinajstić information content (AvgIpc) is 2.62. The van der Waals surface area contributed by atoms with Crippen molar-refractivity contribution < 1.29 is 9.90 Å². The van der Waals surface area contributed by atoms with E-state index in [9.17, 15) is 9.90 Å². The van der Waals surface area contributed by atoms with E-state index in [0.29, 0.717) is 16.1 Å². The maximum absolute atomic E-state index is 11.0. The molecule has 3 aromatic rings. The van der Waals surface area contributed by atoms with Crippen molar-refractivity contribution in [2.24, 2.45) is 0 Å². The Balaban J connectivity index is 0.000000177. The Kier molecular flexibility index (Phi) is 5.93. The summed E-state index contributed by atoms with van der Waals surface area (Å²) in [5, 5.41) is 21.7. The van der Waals surface area contributed by atoms with Gasteiger partial charge in [-0.15, -0.1) is 0 Å². The smallest absolute Gasteiger partial charge is 0.251 e. The Labute approximate surface area is 145 Å². The van der Waals surface area contributed by atoms with E-state index >= 15 is 0 Å². The first-order chi connectivity index (χ1) is 11.6. The molecule has 5 heteroatoms. The summed E-state index contributed by atoms with van der Waals surface area (Å²) < 4.78 is 0. The molecular weight excluding hydrogens is 324 g/mol. The zero-order valence-electron chi connectivity index (χ0n) is 13.1. The number of benzene rings is 3. The minimum atomic E-state index is -0.0957. The Bertz CT molecular complexity index is 861. The molecule has 0 aliphatic heterocycles. The molecule has 1 amide bonds. The van der Waals surface area contributed by atoms with Crippen LogP contribution in [0.15, 0.2) is 60.7 Å². The van der Waals surface area contributed by atoms with Crippen molar-refractivity contribution in [3.8, 4) is 5.75 Å². The average molecular weight is 341 g/mol. The zero-order valence-corrected chi connectivity index (χ0v) is 13.8. The molecule has 3 aromatic carbocycles. The van der Waals surface area contributed by atoms with E-state index in [4.69, 9.17) is 17.0 Å². The summed E-state index contributed by atoms with van der Waals surface area (Å²) in [7, 11) is 1.59. The summed E-state index contributed by atoms with van der Waals surface area (Å²) in [6.07, 6.45) is 1.18. The number of carbonyl (C=O) groups excluding carboxylic acids is 1. The highest BCUT2D eigenvalue weighted by molar-refractivity contribution is 6.30. The van der Waals surface area contributed by atoms with E-state index in [1.165, 1.54) is 6.21 Å². The van der Waals surface area contributed by atoms with Crippen LogP contribution in [0.2, 0.25) is 5.02 Å². The van der Waals surface area contributed by atoms with Gasteiger partial charge in [-0.05, 0) is 41.1 Å². The molecule has 0 aromatic heterocycles. The highest BCUT2D eigenvalue weighted by Crippen LogP contribution is 2.24. The van der Waals surface area contributed by atoms with Gasteiger partial charge in [0.05, 0.1) is 0 Å². The van der Waals surface area contributed by atoms with Crippen LogP contribution in [-0.2, 0) is 0 Å². The van der Waals surface area contributed by atoms with Crippen LogP contribution in [0.1, 0.15) is 15.9 Å². The molecule has 0 radical (unpaired) electrons. The highest BCUT2D eigenvalue weighted by atomic mass is 35.5. The Morgan fingerprint density at radius 2 is 1.75 bits per heavy atom. The number of amides is 1. The topological polar surface area (TPSA) is 73.2 Å². The maximum atomic E-state index is 11.0. The molecule has 0 bridgehead atoms. The second-order valence-electron chi connectivity index (χ2n) is 4.95. The van der Waals surface area contributed by atoms with Crippen LogP contribution in [0, 0.1) is 5.41 Å². The normalized spacial score (nSPS) is 9.75. The highest BCUT2D eigenvalue weighted by Gasteiger charge is 2.02. The number of phenols is 1. The molecule has 0 heterocycles. The lowest BCUT2D eigenvalue weighted by Crippen LogP contribution is -2.17. The molecule has 4 nitrogen and oxygen atoms in total. The van der Waals surface area contributed by atoms with Crippen LogP contribution >= 0.6 is 11.6 Å². The van der Waals surface area contributed by atoms with Gasteiger partial charge >= 0.3 is 0 Å². The van der Waals surface area contributed by atoms with Crippen molar-refractivity contribution >= 4 is 34.5 Å². The number of halogens is 1. The molecular formula is C19H17ClN2O2. The predicted octanol–water partition coefficient (Wildman–Crippen LogP) is 4.24. The molecule has 3 rings (SSSR count). The molecule has 3 N–H and O–H groups in total. The molecule has 0 saturated carbocycles. The van der Waals surface area contributed by atoms with Gasteiger partial charge in [0.25, 0.3) is 5.91 Å². The molecule has 0 unspecified atom stereocenters. The molecule has 0 fully saturated rings. The Morgan fingerprint density at radius 1 is 1.08 bits per heavy atom. The first-order valence-electron chi connectivity index (χ1n) is 7.25. The van der Waals surface area contributed by atoms with Gasteiger partial charge in [-0.1, -0.05) is 41.9 Å². The predicted molar refractivity (Wildman–Crippen MR) is 98.3 cm³/mol. The first kappa shape index (κ1) is 17.5. The summed E-state index contributed by atoms with van der Waals surface area (Å²) in [6, 6.07) is 17.9. The number of nitrogens with one attached hydrogen (secondary N) is 2. The summed E-state index contributed by atoms with van der Waals surface area (Å²) in [6.45, 7) is 0. The lowest BCUT2D eigenvalue weighted by molar-refractivity contribution is 0.0963. The second kappa shape index (κ2) is 8.13. The van der Waals surface area contributed by atoms with Gasteiger partial charge in [0.2, 0.25) is 0 Å². The van der Waals surface area contributed by atoms with Crippen molar-refractivity contribution in [3.05, 3.63) is 76.8 Å². The Morgan fingerprint density at radius 3 is 2.38 bits per heavy atom. The minimum absolute atomic E-state index is 0.0957. The fourth-order valence-electron chi connectivity index (χ4n) is 2.18. The largest absolute Gasteiger partial charge is 0.507 e. The number of hydrogen-bond acceptors (Lipinski definition) is 3. The van der Waals surface area contributed by atoms with Gasteiger partial charge < -0.3 is 15.8 Å². The first-order valence-corrected chi connectivity index (χ1v) is 7.63. The van der Waals surface area contributed by atoms with Crippen LogP contribution < -0.4 is 5.32 Å². The monoisotopic (exact) mass is 340 g/mol. The zero-order chi connectivity index (χ0) is 17.5. The molecule has 0 aliphatic rings. The SMILES string of the molecule is CNC(=O)c1ccc(Cl)cc1.N=Cc1c(O)ccc2ccccc12. The molecule has 0 spiro atoms. The van der Waals surface area contributed by atoms with Crippen LogP contribution in [0.4, 0.5) is 0 Å². The fraction of sp³-hybridized carbons (Fsp3) is 0.0526. The van der Waals surface area contributed by atoms with Crippen LogP contribution in [-0.4, -0.2) is 24.3 Å². The number of rotatable bonds is 2. The third-order valence-electron chi connectivity index (χ3n) is 3.43. The summed E-state index contributed by atoms with van der Waals surface area (Å²) in [5.74, 6) is 0.0652. The lowest BCUT2D eigenvalue weighted by atomic mass is 10.0. The molecule has 24 heavy (non-hydrogen) atoms. The number of carbonyl (C=O) groups is 1. The van der Waals surface area contributed by atoms with Gasteiger partial charge in [0.15, 0.2) is 0 Å². The van der Waals surface area contributed by atoms with Crippen LogP contribution in [0.25, 0.3) is 10.8 Å². The second-order valence-corrected chi connectivity index (χ2v) is 5.39. The summed E-state index contributed by atoms with van der Waals surface area (Å²) >= 11 is 5.63. The van der Waals surface area contributed by atoms with E-state index < -0.39 is 0 Å². The Hall–Kier alpha value is -2.85.